The van der Waals surface area contributed by atoms with E-state index in [9.17, 15) is 14.4 Å². The molecule has 0 aliphatic rings. The quantitative estimate of drug-likeness (QED) is 0.733. The third-order valence-corrected chi connectivity index (χ3v) is 4.05. The first kappa shape index (κ1) is 13.5. The average molecular weight is 304 g/mol. The van der Waals surface area contributed by atoms with Crippen LogP contribution in [0.25, 0.3) is 10.2 Å². The Bertz CT molecular complexity index is 979. The number of fused-ring (bicyclic) bond motifs is 1. The molecule has 21 heavy (non-hydrogen) atoms. The molecule has 2 N–H and O–H groups in total. The Morgan fingerprint density at radius 2 is 2.05 bits per heavy atom. The number of nitrogens with zero attached hydrogens (tertiary/aromatic N) is 2. The van der Waals surface area contributed by atoms with Gasteiger partial charge in [0.05, 0.1) is 12.1 Å². The zero-order valence-corrected chi connectivity index (χ0v) is 12.0. The lowest BCUT2D eigenvalue weighted by Gasteiger charge is -2.06. The number of rotatable bonds is 3. The summed E-state index contributed by atoms with van der Waals surface area (Å²) in [7, 11) is 0. The van der Waals surface area contributed by atoms with Gasteiger partial charge in [-0.25, -0.2) is 9.78 Å². The Morgan fingerprint density at radius 3 is 2.81 bits per heavy atom. The van der Waals surface area contributed by atoms with Gasteiger partial charge in [0.25, 0.3) is 11.1 Å². The van der Waals surface area contributed by atoms with Crippen molar-refractivity contribution in [3.8, 4) is 0 Å². The molecule has 3 aromatic rings. The average Bonchev–Trinajstić information content (AvgIpc) is 2.90. The van der Waals surface area contributed by atoms with E-state index in [-0.39, 0.29) is 17.7 Å². The molecule has 0 amide bonds. The fourth-order valence-corrected chi connectivity index (χ4v) is 2.81. The van der Waals surface area contributed by atoms with Gasteiger partial charge in [-0.3, -0.25) is 19.1 Å². The second-order valence-corrected chi connectivity index (χ2v) is 5.46. The van der Waals surface area contributed by atoms with Crippen LogP contribution >= 0.6 is 11.3 Å². The third kappa shape index (κ3) is 2.45. The minimum Gasteiger partial charge on any atom is -0.308 e. The maximum atomic E-state index is 11.9. The molecule has 0 saturated heterocycles. The van der Waals surface area contributed by atoms with E-state index < -0.39 is 5.69 Å². The van der Waals surface area contributed by atoms with Gasteiger partial charge in [0.15, 0.2) is 0 Å². The predicted octanol–water partition coefficient (Wildman–Crippen LogP) is 0.445. The topological polar surface area (TPSA) is 101 Å². The smallest absolute Gasteiger partial charge is 0.308 e. The van der Waals surface area contributed by atoms with Crippen LogP contribution in [-0.4, -0.2) is 19.5 Å². The van der Waals surface area contributed by atoms with Gasteiger partial charge >= 0.3 is 5.69 Å². The highest BCUT2D eigenvalue weighted by Crippen LogP contribution is 2.13. The highest BCUT2D eigenvalue weighted by Gasteiger charge is 2.08. The van der Waals surface area contributed by atoms with Crippen LogP contribution in [0.3, 0.4) is 0 Å². The lowest BCUT2D eigenvalue weighted by atomic mass is 10.2. The van der Waals surface area contributed by atoms with Crippen LogP contribution < -0.4 is 16.8 Å². The molecule has 0 radical (unpaired) electrons. The maximum Gasteiger partial charge on any atom is 0.328 e. The number of H-pyrrole nitrogens is 2. The van der Waals surface area contributed by atoms with E-state index in [4.69, 9.17) is 0 Å². The minimum absolute atomic E-state index is 0.101. The Labute approximate surface area is 121 Å². The second kappa shape index (κ2) is 5.13. The van der Waals surface area contributed by atoms with Crippen LogP contribution in [0, 0.1) is 0 Å². The van der Waals surface area contributed by atoms with Crippen molar-refractivity contribution in [2.45, 2.75) is 19.9 Å². The molecule has 0 aromatic carbocycles. The Hall–Kier alpha value is -2.48. The van der Waals surface area contributed by atoms with Gasteiger partial charge in [-0.1, -0.05) is 6.92 Å². The van der Waals surface area contributed by atoms with Gasteiger partial charge in [-0.2, -0.15) is 0 Å². The molecule has 0 saturated carbocycles. The summed E-state index contributed by atoms with van der Waals surface area (Å²) in [6.45, 7) is 1.93. The number of aromatic nitrogens is 4. The number of nitrogens with one attached hydrogen (secondary N) is 2. The van der Waals surface area contributed by atoms with Gasteiger partial charge in [0, 0.05) is 11.8 Å². The highest BCUT2D eigenvalue weighted by atomic mass is 32.1. The van der Waals surface area contributed by atoms with E-state index in [0.29, 0.717) is 28.0 Å². The molecule has 8 heteroatoms. The summed E-state index contributed by atoms with van der Waals surface area (Å²) in [6.07, 6.45) is 2.02. The summed E-state index contributed by atoms with van der Waals surface area (Å²) in [4.78, 5) is 44.4. The lowest BCUT2D eigenvalue weighted by Crippen LogP contribution is -2.32. The number of aromatic amines is 2. The van der Waals surface area contributed by atoms with Crippen molar-refractivity contribution in [3.63, 3.8) is 0 Å². The predicted molar refractivity (Wildman–Crippen MR) is 80.0 cm³/mol. The zero-order valence-electron chi connectivity index (χ0n) is 11.2. The standard InChI is InChI=1S/C13H12N4O3S/c1-2-7-5-17(13(20)16-11(7)18)6-9-14-8-3-4-21-10(8)12(19)15-9/h3-5H,2,6H2,1H3,(H,14,15,19)(H,16,18,20). The van der Waals surface area contributed by atoms with Gasteiger partial charge in [-0.05, 0) is 17.9 Å². The number of aryl methyl sites for hydroxylation is 1. The van der Waals surface area contributed by atoms with Gasteiger partial charge in [0.2, 0.25) is 0 Å². The van der Waals surface area contributed by atoms with Gasteiger partial charge in [0.1, 0.15) is 10.5 Å². The summed E-state index contributed by atoms with van der Waals surface area (Å²) in [5.41, 5.74) is -0.0163. The van der Waals surface area contributed by atoms with Crippen molar-refractivity contribution in [1.29, 1.82) is 0 Å². The SMILES string of the molecule is CCc1cn(Cc2nc3ccsc3c(=O)[nH]2)c(=O)[nH]c1=O. The molecule has 0 unspecified atom stereocenters. The molecule has 0 aliphatic carbocycles. The van der Waals surface area contributed by atoms with E-state index in [1.807, 2.05) is 6.92 Å². The Morgan fingerprint density at radius 1 is 1.24 bits per heavy atom. The molecule has 0 fully saturated rings. The fraction of sp³-hybridized carbons (Fsp3) is 0.231. The highest BCUT2D eigenvalue weighted by molar-refractivity contribution is 7.17. The molecular formula is C13H12N4O3S. The van der Waals surface area contributed by atoms with Crippen molar-refractivity contribution in [1.82, 2.24) is 19.5 Å². The lowest BCUT2D eigenvalue weighted by molar-refractivity contribution is 0.677. The van der Waals surface area contributed by atoms with Crippen molar-refractivity contribution in [3.05, 3.63) is 60.2 Å². The van der Waals surface area contributed by atoms with E-state index in [0.717, 1.165) is 0 Å². The third-order valence-electron chi connectivity index (χ3n) is 3.15. The molecule has 3 heterocycles. The van der Waals surface area contributed by atoms with Crippen LogP contribution in [0.15, 0.2) is 32.0 Å². The van der Waals surface area contributed by atoms with E-state index in [1.165, 1.54) is 22.1 Å². The summed E-state index contributed by atoms with van der Waals surface area (Å²) < 4.78 is 1.89. The molecular weight excluding hydrogens is 292 g/mol. The normalized spacial score (nSPS) is 11.1. The van der Waals surface area contributed by atoms with Crippen LogP contribution in [0.1, 0.15) is 18.3 Å². The number of thiophene rings is 1. The Balaban J connectivity index is 2.08. The first-order chi connectivity index (χ1) is 10.1. The van der Waals surface area contributed by atoms with Crippen molar-refractivity contribution >= 4 is 21.6 Å². The number of hydrogen-bond donors (Lipinski definition) is 2. The molecule has 7 nitrogen and oxygen atoms in total. The van der Waals surface area contributed by atoms with Gasteiger partial charge in [-0.15, -0.1) is 11.3 Å². The molecule has 0 spiro atoms. The van der Waals surface area contributed by atoms with Crippen LogP contribution in [0.2, 0.25) is 0 Å². The van der Waals surface area contributed by atoms with E-state index >= 15 is 0 Å². The largest absolute Gasteiger partial charge is 0.328 e. The summed E-state index contributed by atoms with van der Waals surface area (Å²) in [6, 6.07) is 1.76. The number of hydrogen-bond acceptors (Lipinski definition) is 5. The zero-order chi connectivity index (χ0) is 15.0. The van der Waals surface area contributed by atoms with Gasteiger partial charge < -0.3 is 4.98 Å². The molecule has 0 bridgehead atoms. The first-order valence-corrected chi connectivity index (χ1v) is 7.25. The summed E-state index contributed by atoms with van der Waals surface area (Å²) in [5.74, 6) is 0.377. The van der Waals surface area contributed by atoms with E-state index in [1.54, 1.807) is 11.4 Å². The fourth-order valence-electron chi connectivity index (χ4n) is 2.08. The monoisotopic (exact) mass is 304 g/mol. The summed E-state index contributed by atoms with van der Waals surface area (Å²) in [5, 5.41) is 1.79. The van der Waals surface area contributed by atoms with Crippen molar-refractivity contribution < 1.29 is 0 Å². The second-order valence-electron chi connectivity index (χ2n) is 4.54. The minimum atomic E-state index is -0.523. The Kier molecular flexibility index (Phi) is 3.30. The maximum absolute atomic E-state index is 11.9. The van der Waals surface area contributed by atoms with Crippen LogP contribution in [0.5, 0.6) is 0 Å². The van der Waals surface area contributed by atoms with Crippen molar-refractivity contribution in [2.75, 3.05) is 0 Å². The molecule has 3 aromatic heterocycles. The molecule has 108 valence electrons. The molecule has 0 aliphatic heterocycles. The summed E-state index contributed by atoms with van der Waals surface area (Å²) >= 11 is 1.32. The van der Waals surface area contributed by atoms with Crippen molar-refractivity contribution in [2.24, 2.45) is 0 Å². The molecule has 0 atom stereocenters. The molecule has 3 rings (SSSR count). The van der Waals surface area contributed by atoms with Crippen LogP contribution in [-0.2, 0) is 13.0 Å². The van der Waals surface area contributed by atoms with E-state index in [2.05, 4.69) is 15.0 Å². The van der Waals surface area contributed by atoms with Crippen LogP contribution in [0.4, 0.5) is 0 Å². The first-order valence-electron chi connectivity index (χ1n) is 6.37.